The first-order chi connectivity index (χ1) is 18.5. The molecule has 0 saturated carbocycles. The summed E-state index contributed by atoms with van der Waals surface area (Å²) in [5.74, 6) is 0.165. The second-order valence-corrected chi connectivity index (χ2v) is 11.6. The highest BCUT2D eigenvalue weighted by Gasteiger charge is 2.37. The van der Waals surface area contributed by atoms with E-state index in [1.54, 1.807) is 16.3 Å². The van der Waals surface area contributed by atoms with Crippen LogP contribution in [0.1, 0.15) is 70.2 Å². The molecule has 0 N–H and O–H groups in total. The van der Waals surface area contributed by atoms with E-state index in [9.17, 15) is 9.59 Å². The average Bonchev–Trinajstić information content (AvgIpc) is 2.90. The van der Waals surface area contributed by atoms with Gasteiger partial charge in [-0.05, 0) is 38.3 Å². The topological polar surface area (TPSA) is 58.4 Å². The predicted molar refractivity (Wildman–Crippen MR) is 157 cm³/mol. The molecule has 3 heterocycles. The standard InChI is InChI=1S/C31H42N4O2S/c1-5-12-25(8-4)35-30(37)27-22-34(18-17-28(27)32-31(35)38-26(13-6-2)14-7-3)29(36)24-20-33(21-24)19-23-15-10-9-11-16-23/h5,8-12,15-16,24,26H,6-7,13-14,17-22H2,1-4H3/b12-5-,25-8+. The molecule has 4 rings (SSSR count). The van der Waals surface area contributed by atoms with Crippen LogP contribution in [0.15, 0.2) is 58.5 Å². The van der Waals surface area contributed by atoms with Gasteiger partial charge in [0, 0.05) is 43.5 Å². The number of rotatable bonds is 11. The van der Waals surface area contributed by atoms with Crippen molar-refractivity contribution in [1.29, 1.82) is 0 Å². The molecule has 0 aliphatic carbocycles. The zero-order valence-electron chi connectivity index (χ0n) is 23.4. The summed E-state index contributed by atoms with van der Waals surface area (Å²) < 4.78 is 1.78. The van der Waals surface area contributed by atoms with Gasteiger partial charge in [0.1, 0.15) is 0 Å². The largest absolute Gasteiger partial charge is 0.337 e. The molecule has 0 spiro atoms. The third kappa shape index (κ3) is 6.49. The lowest BCUT2D eigenvalue weighted by Crippen LogP contribution is -2.55. The number of aromatic nitrogens is 2. The maximum absolute atomic E-state index is 14.0. The summed E-state index contributed by atoms with van der Waals surface area (Å²) in [6.07, 6.45) is 10.9. The van der Waals surface area contributed by atoms with Gasteiger partial charge in [0.15, 0.2) is 5.16 Å². The predicted octanol–water partition coefficient (Wildman–Crippen LogP) is 5.76. The number of carbonyl (C=O) groups is 1. The lowest BCUT2D eigenvalue weighted by Gasteiger charge is -2.41. The van der Waals surface area contributed by atoms with E-state index in [0.29, 0.717) is 30.3 Å². The van der Waals surface area contributed by atoms with E-state index < -0.39 is 0 Å². The number of thioether (sulfide) groups is 1. The summed E-state index contributed by atoms with van der Waals surface area (Å²) in [5.41, 5.74) is 3.60. The number of hydrogen-bond donors (Lipinski definition) is 0. The minimum absolute atomic E-state index is 0.00300. The number of carbonyl (C=O) groups excluding carboxylic acids is 1. The minimum Gasteiger partial charge on any atom is -0.337 e. The number of benzene rings is 1. The van der Waals surface area contributed by atoms with Crippen molar-refractivity contribution in [2.24, 2.45) is 5.92 Å². The van der Waals surface area contributed by atoms with Crippen LogP contribution in [0, 0.1) is 5.92 Å². The Morgan fingerprint density at radius 3 is 2.47 bits per heavy atom. The van der Waals surface area contributed by atoms with Crippen LogP contribution in [0.5, 0.6) is 0 Å². The molecular formula is C31H42N4O2S. The quantitative estimate of drug-likeness (QED) is 0.208. The van der Waals surface area contributed by atoms with Gasteiger partial charge in [-0.15, -0.1) is 0 Å². The summed E-state index contributed by atoms with van der Waals surface area (Å²) in [7, 11) is 0. The second kappa shape index (κ2) is 13.4. The number of hydrogen-bond acceptors (Lipinski definition) is 5. The van der Waals surface area contributed by atoms with E-state index in [-0.39, 0.29) is 17.4 Å². The van der Waals surface area contributed by atoms with Gasteiger partial charge in [-0.3, -0.25) is 19.1 Å². The van der Waals surface area contributed by atoms with Crippen LogP contribution in [-0.4, -0.2) is 50.1 Å². The van der Waals surface area contributed by atoms with Gasteiger partial charge in [-0.25, -0.2) is 4.98 Å². The van der Waals surface area contributed by atoms with Crippen molar-refractivity contribution in [2.75, 3.05) is 19.6 Å². The molecule has 1 aromatic carbocycles. The van der Waals surface area contributed by atoms with Crippen LogP contribution >= 0.6 is 11.8 Å². The van der Waals surface area contributed by atoms with Crippen molar-refractivity contribution < 1.29 is 4.79 Å². The molecule has 204 valence electrons. The molecule has 1 aromatic heterocycles. The van der Waals surface area contributed by atoms with Gasteiger partial charge in [0.2, 0.25) is 5.91 Å². The van der Waals surface area contributed by atoms with Gasteiger partial charge in [0.25, 0.3) is 5.56 Å². The molecule has 1 fully saturated rings. The SMILES string of the molecule is C/C=C\C(=C/C)n1c(SC(CCC)CCC)nc2c(c1=O)CN(C(=O)C1CN(Cc3ccccc3)C1)CC2. The van der Waals surface area contributed by atoms with Gasteiger partial charge < -0.3 is 4.90 Å². The lowest BCUT2D eigenvalue weighted by atomic mass is 9.96. The molecule has 0 unspecified atom stereocenters. The van der Waals surface area contributed by atoms with E-state index >= 15 is 0 Å². The van der Waals surface area contributed by atoms with Crippen LogP contribution < -0.4 is 5.56 Å². The molecule has 2 aliphatic heterocycles. The maximum atomic E-state index is 14.0. The van der Waals surface area contributed by atoms with Crippen LogP contribution in [0.3, 0.4) is 0 Å². The Kier molecular flexibility index (Phi) is 10.0. The molecule has 0 bridgehead atoms. The van der Waals surface area contributed by atoms with Gasteiger partial charge in [-0.2, -0.15) is 0 Å². The molecule has 0 atom stereocenters. The van der Waals surface area contributed by atoms with Crippen molar-refractivity contribution in [2.45, 2.75) is 83.3 Å². The third-order valence-electron chi connectivity index (χ3n) is 7.45. The molecular weight excluding hydrogens is 492 g/mol. The van der Waals surface area contributed by atoms with Crippen molar-refractivity contribution in [3.05, 3.63) is 75.7 Å². The van der Waals surface area contributed by atoms with Gasteiger partial charge in [0.05, 0.1) is 23.7 Å². The summed E-state index contributed by atoms with van der Waals surface area (Å²) >= 11 is 1.74. The molecule has 38 heavy (non-hydrogen) atoms. The summed E-state index contributed by atoms with van der Waals surface area (Å²) in [4.78, 5) is 36.6. The Hall–Kier alpha value is -2.64. The highest BCUT2D eigenvalue weighted by molar-refractivity contribution is 7.99. The normalized spacial score (nSPS) is 16.8. The molecule has 1 saturated heterocycles. The highest BCUT2D eigenvalue weighted by Crippen LogP contribution is 2.31. The smallest absolute Gasteiger partial charge is 0.264 e. The molecule has 2 aromatic rings. The first-order valence-electron chi connectivity index (χ1n) is 14.1. The van der Waals surface area contributed by atoms with Crippen LogP contribution in [0.4, 0.5) is 0 Å². The molecule has 6 nitrogen and oxygen atoms in total. The van der Waals surface area contributed by atoms with Crippen molar-refractivity contribution in [3.63, 3.8) is 0 Å². The van der Waals surface area contributed by atoms with Gasteiger partial charge >= 0.3 is 0 Å². The van der Waals surface area contributed by atoms with Crippen molar-refractivity contribution >= 4 is 23.4 Å². The van der Waals surface area contributed by atoms with Crippen LogP contribution in [-0.2, 0) is 24.3 Å². The molecule has 0 radical (unpaired) electrons. The van der Waals surface area contributed by atoms with E-state index in [0.717, 1.165) is 61.9 Å². The Bertz CT molecular complexity index is 1210. The minimum atomic E-state index is -0.0349. The highest BCUT2D eigenvalue weighted by atomic mass is 32.2. The summed E-state index contributed by atoms with van der Waals surface area (Å²) in [5, 5.41) is 1.21. The Balaban J connectivity index is 1.53. The summed E-state index contributed by atoms with van der Waals surface area (Å²) in [6, 6.07) is 10.4. The molecule has 7 heteroatoms. The summed E-state index contributed by atoms with van der Waals surface area (Å²) in [6.45, 7) is 11.7. The first kappa shape index (κ1) is 28.4. The fourth-order valence-electron chi connectivity index (χ4n) is 5.43. The Morgan fingerprint density at radius 2 is 1.84 bits per heavy atom. The van der Waals surface area contributed by atoms with Crippen molar-refractivity contribution in [1.82, 2.24) is 19.4 Å². The maximum Gasteiger partial charge on any atom is 0.264 e. The molecule has 2 aliphatic rings. The monoisotopic (exact) mass is 534 g/mol. The number of nitrogens with zero attached hydrogens (tertiary/aromatic N) is 4. The van der Waals surface area contributed by atoms with Crippen molar-refractivity contribution in [3.8, 4) is 0 Å². The number of likely N-dealkylation sites (tertiary alicyclic amines) is 1. The lowest BCUT2D eigenvalue weighted by molar-refractivity contribution is -0.142. The second-order valence-electron chi connectivity index (χ2n) is 10.4. The van der Waals surface area contributed by atoms with E-state index in [4.69, 9.17) is 4.98 Å². The van der Waals surface area contributed by atoms with Crippen LogP contribution in [0.25, 0.3) is 5.70 Å². The number of fused-ring (bicyclic) bond motifs is 1. The van der Waals surface area contributed by atoms with Crippen LogP contribution in [0.2, 0.25) is 0 Å². The zero-order chi connectivity index (χ0) is 27.1. The van der Waals surface area contributed by atoms with E-state index in [1.165, 1.54) is 5.56 Å². The number of amides is 1. The fourth-order valence-corrected chi connectivity index (χ4v) is 6.89. The Morgan fingerprint density at radius 1 is 1.13 bits per heavy atom. The molecule has 1 amide bonds. The third-order valence-corrected chi connectivity index (χ3v) is 8.74. The van der Waals surface area contributed by atoms with E-state index in [1.807, 2.05) is 43.0 Å². The van der Waals surface area contributed by atoms with Gasteiger partial charge in [-0.1, -0.05) is 80.9 Å². The van der Waals surface area contributed by atoms with E-state index in [2.05, 4.69) is 43.0 Å². The fraction of sp³-hybridized carbons (Fsp3) is 0.516. The number of allylic oxidation sites excluding steroid dienone is 4. The first-order valence-corrected chi connectivity index (χ1v) is 15.0. The zero-order valence-corrected chi connectivity index (χ0v) is 24.2. The Labute approximate surface area is 231 Å². The average molecular weight is 535 g/mol.